The molecule has 1 aliphatic rings. The number of amides is 1. The molecule has 1 fully saturated rings. The number of carbonyl (C=O) groups is 1. The first-order chi connectivity index (χ1) is 14.6. The lowest BCUT2D eigenvalue weighted by molar-refractivity contribution is 0.102. The normalized spacial score (nSPS) is 16.4. The minimum Gasteiger partial charge on any atom is -0.321 e. The lowest BCUT2D eigenvalue weighted by atomic mass is 9.93. The summed E-state index contributed by atoms with van der Waals surface area (Å²) in [5.74, 6) is -0.240. The summed E-state index contributed by atoms with van der Waals surface area (Å²) < 4.78 is 29.8. The van der Waals surface area contributed by atoms with Gasteiger partial charge in [-0.3, -0.25) is 4.79 Å². The molecule has 2 aromatic carbocycles. The Hall–Kier alpha value is -1.93. The van der Waals surface area contributed by atoms with E-state index in [9.17, 15) is 13.2 Å². The monoisotopic (exact) mass is 481 g/mol. The topological polar surface area (TPSA) is 78.8 Å². The summed E-state index contributed by atoms with van der Waals surface area (Å²) in [5, 5.41) is 2.71. The molecule has 1 aliphatic heterocycles. The van der Waals surface area contributed by atoms with Crippen molar-refractivity contribution in [2.45, 2.75) is 31.6 Å². The highest BCUT2D eigenvalue weighted by molar-refractivity contribution is 7.90. The van der Waals surface area contributed by atoms with Gasteiger partial charge < -0.3 is 10.2 Å². The van der Waals surface area contributed by atoms with Gasteiger partial charge in [0.1, 0.15) is 4.90 Å². The van der Waals surface area contributed by atoms with Gasteiger partial charge in [0.25, 0.3) is 15.9 Å². The number of piperidine rings is 1. The number of nitrogens with one attached hydrogen (secondary N) is 1. The van der Waals surface area contributed by atoms with Crippen LogP contribution in [0.5, 0.6) is 0 Å². The molecule has 6 nitrogen and oxygen atoms in total. The van der Waals surface area contributed by atoms with Crippen molar-refractivity contribution in [2.75, 3.05) is 25.5 Å². The van der Waals surface area contributed by atoms with Crippen molar-refractivity contribution in [3.05, 3.63) is 57.6 Å². The summed E-state index contributed by atoms with van der Waals surface area (Å²) in [7, 11) is -1.99. The van der Waals surface area contributed by atoms with Gasteiger partial charge in [-0.2, -0.15) is 12.8 Å². The van der Waals surface area contributed by atoms with Crippen LogP contribution in [0.15, 0.2) is 45.7 Å². The third-order valence-electron chi connectivity index (χ3n) is 5.51. The van der Waals surface area contributed by atoms with Crippen molar-refractivity contribution < 1.29 is 13.2 Å². The predicted octanol–water partition coefficient (Wildman–Crippen LogP) is 5.05. The van der Waals surface area contributed by atoms with Crippen LogP contribution >= 0.6 is 23.2 Å². The molecular formula is C22H25Cl2N3O3S. The molecular weight excluding hydrogens is 457 g/mol. The highest BCUT2D eigenvalue weighted by Crippen LogP contribution is 2.34. The van der Waals surface area contributed by atoms with Crippen LogP contribution in [0.25, 0.3) is 0 Å². The molecule has 166 valence electrons. The number of likely N-dealkylation sites (tertiary alicyclic amines) is 1. The molecule has 0 saturated carbocycles. The zero-order chi connectivity index (χ0) is 22.8. The second kappa shape index (κ2) is 9.69. The average molecular weight is 482 g/mol. The zero-order valence-corrected chi connectivity index (χ0v) is 20.0. The van der Waals surface area contributed by atoms with Gasteiger partial charge in [0.2, 0.25) is 0 Å². The first kappa shape index (κ1) is 23.7. The van der Waals surface area contributed by atoms with Crippen molar-refractivity contribution in [1.29, 1.82) is 0 Å². The van der Waals surface area contributed by atoms with Crippen molar-refractivity contribution in [3.8, 4) is 0 Å². The van der Waals surface area contributed by atoms with E-state index in [4.69, 9.17) is 23.2 Å². The van der Waals surface area contributed by atoms with Crippen LogP contribution in [-0.2, 0) is 10.0 Å². The summed E-state index contributed by atoms with van der Waals surface area (Å²) in [5.41, 5.74) is 2.09. The van der Waals surface area contributed by atoms with Gasteiger partial charge in [0.05, 0.1) is 15.7 Å². The number of carbonyl (C=O) groups excluding carboxylic acids is 1. The minimum atomic E-state index is -4.03. The number of sulfonamides is 1. The van der Waals surface area contributed by atoms with Gasteiger partial charge in [0.15, 0.2) is 0 Å². The van der Waals surface area contributed by atoms with E-state index in [1.54, 1.807) is 19.1 Å². The van der Waals surface area contributed by atoms with Gasteiger partial charge in [-0.15, -0.1) is 0 Å². The van der Waals surface area contributed by atoms with Crippen LogP contribution in [0.4, 0.5) is 5.69 Å². The molecule has 0 atom stereocenters. The average Bonchev–Trinajstić information content (AvgIpc) is 2.70. The van der Waals surface area contributed by atoms with Crippen LogP contribution in [0.3, 0.4) is 0 Å². The Bertz CT molecular complexity index is 1120. The summed E-state index contributed by atoms with van der Waals surface area (Å²) in [6.45, 7) is 5.36. The van der Waals surface area contributed by atoms with Crippen LogP contribution in [0, 0.1) is 12.8 Å². The number of hydrogen-bond donors (Lipinski definition) is 1. The molecule has 9 heteroatoms. The molecule has 0 aromatic heterocycles. The molecule has 0 bridgehead atoms. The Morgan fingerprint density at radius 3 is 2.42 bits per heavy atom. The molecule has 0 aliphatic carbocycles. The summed E-state index contributed by atoms with van der Waals surface area (Å²) in [4.78, 5) is 14.6. The second-order valence-electron chi connectivity index (χ2n) is 7.82. The first-order valence-corrected chi connectivity index (χ1v) is 12.1. The minimum absolute atomic E-state index is 0.0515. The molecule has 2 aromatic rings. The Morgan fingerprint density at radius 1 is 1.13 bits per heavy atom. The SMILES string of the molecule is CC(=NS(=O)(=O)c1cc(Cl)c(NC(=O)c2ccccc2C)cc1Cl)C1CCN(C)CC1. The maximum atomic E-state index is 12.9. The number of aryl methyl sites for hydroxylation is 1. The van der Waals surface area contributed by atoms with Crippen LogP contribution in [-0.4, -0.2) is 45.1 Å². The van der Waals surface area contributed by atoms with Gasteiger partial charge in [-0.05, 0) is 70.6 Å². The first-order valence-electron chi connectivity index (χ1n) is 9.94. The molecule has 1 amide bonds. The fourth-order valence-corrected chi connectivity index (χ4v) is 5.51. The number of rotatable bonds is 5. The Labute approximate surface area is 193 Å². The summed E-state index contributed by atoms with van der Waals surface area (Å²) in [6.07, 6.45) is 1.72. The number of anilines is 1. The molecule has 0 spiro atoms. The zero-order valence-electron chi connectivity index (χ0n) is 17.7. The van der Waals surface area contributed by atoms with Crippen molar-refractivity contribution in [2.24, 2.45) is 10.3 Å². The molecule has 1 heterocycles. The van der Waals surface area contributed by atoms with Crippen molar-refractivity contribution in [1.82, 2.24) is 4.90 Å². The quantitative estimate of drug-likeness (QED) is 0.606. The standard InChI is InChI=1S/C22H25Cl2N3O3S/c1-14-6-4-5-7-17(14)22(28)25-20-12-19(24)21(13-18(20)23)31(29,30)26-15(2)16-8-10-27(3)11-9-16/h4-7,12-13,16H,8-11H2,1-3H3,(H,25,28). The Kier molecular flexibility index (Phi) is 7.42. The predicted molar refractivity (Wildman–Crippen MR) is 126 cm³/mol. The van der Waals surface area contributed by atoms with E-state index in [0.29, 0.717) is 11.3 Å². The van der Waals surface area contributed by atoms with E-state index >= 15 is 0 Å². The lowest BCUT2D eigenvalue weighted by Gasteiger charge is -2.28. The van der Waals surface area contributed by atoms with Crippen LogP contribution < -0.4 is 5.32 Å². The van der Waals surface area contributed by atoms with E-state index < -0.39 is 10.0 Å². The lowest BCUT2D eigenvalue weighted by Crippen LogP contribution is -2.33. The summed E-state index contributed by atoms with van der Waals surface area (Å²) in [6, 6.07) is 9.69. The van der Waals surface area contributed by atoms with Gasteiger partial charge in [-0.1, -0.05) is 41.4 Å². The van der Waals surface area contributed by atoms with E-state index in [2.05, 4.69) is 14.6 Å². The van der Waals surface area contributed by atoms with Gasteiger partial charge in [-0.25, -0.2) is 0 Å². The molecule has 1 saturated heterocycles. The van der Waals surface area contributed by atoms with E-state index in [1.165, 1.54) is 12.1 Å². The molecule has 1 N–H and O–H groups in total. The molecule has 31 heavy (non-hydrogen) atoms. The van der Waals surface area contributed by atoms with Crippen LogP contribution in [0.1, 0.15) is 35.7 Å². The summed E-state index contributed by atoms with van der Waals surface area (Å²) >= 11 is 12.6. The molecule has 0 radical (unpaired) electrons. The fourth-order valence-electron chi connectivity index (χ4n) is 3.58. The Morgan fingerprint density at radius 2 is 1.77 bits per heavy atom. The van der Waals surface area contributed by atoms with Gasteiger partial charge >= 0.3 is 0 Å². The number of benzene rings is 2. The largest absolute Gasteiger partial charge is 0.321 e. The second-order valence-corrected chi connectivity index (χ2v) is 10.2. The fraction of sp³-hybridized carbons (Fsp3) is 0.364. The van der Waals surface area contributed by atoms with Gasteiger partial charge in [0, 0.05) is 17.2 Å². The molecule has 3 rings (SSSR count). The maximum absolute atomic E-state index is 12.9. The van der Waals surface area contributed by atoms with Crippen molar-refractivity contribution in [3.63, 3.8) is 0 Å². The van der Waals surface area contributed by atoms with E-state index in [0.717, 1.165) is 31.5 Å². The number of hydrogen-bond acceptors (Lipinski definition) is 4. The number of nitrogens with zero attached hydrogens (tertiary/aromatic N) is 2. The third kappa shape index (κ3) is 5.66. The highest BCUT2D eigenvalue weighted by atomic mass is 35.5. The molecule has 0 unspecified atom stereocenters. The van der Waals surface area contributed by atoms with Crippen molar-refractivity contribution >= 4 is 50.5 Å². The smallest absolute Gasteiger partial charge is 0.283 e. The number of halogens is 2. The van der Waals surface area contributed by atoms with Crippen LogP contribution in [0.2, 0.25) is 10.0 Å². The highest BCUT2D eigenvalue weighted by Gasteiger charge is 2.24. The Balaban J connectivity index is 1.84. The third-order valence-corrected chi connectivity index (χ3v) is 7.67. The van der Waals surface area contributed by atoms with E-state index in [-0.39, 0.29) is 32.5 Å². The van der Waals surface area contributed by atoms with E-state index in [1.807, 2.05) is 26.1 Å². The maximum Gasteiger partial charge on any atom is 0.283 e.